The van der Waals surface area contributed by atoms with Crippen LogP contribution in [-0.2, 0) is 4.74 Å². The van der Waals surface area contributed by atoms with Gasteiger partial charge in [0, 0.05) is 15.6 Å². The van der Waals surface area contributed by atoms with Crippen LogP contribution in [0, 0.1) is 13.8 Å². The second-order valence-electron chi connectivity index (χ2n) is 5.42. The number of hydrogen-bond donors (Lipinski definition) is 1. The topological polar surface area (TPSA) is 59.2 Å². The molecule has 0 radical (unpaired) electrons. The summed E-state index contributed by atoms with van der Waals surface area (Å²) in [4.78, 5) is 28.8. The number of esters is 1. The largest absolute Gasteiger partial charge is 0.462 e. The summed E-state index contributed by atoms with van der Waals surface area (Å²) in [5.41, 5.74) is 2.20. The Morgan fingerprint density at radius 1 is 1.25 bits per heavy atom. The number of benzene rings is 1. The van der Waals surface area contributed by atoms with Crippen LogP contribution in [0.15, 0.2) is 29.2 Å². The number of hydrogen-bond acceptors (Lipinski definition) is 4. The lowest BCUT2D eigenvalue weighted by Gasteiger charge is -2.10. The molecule has 0 aliphatic heterocycles. The number of ketones is 1. The van der Waals surface area contributed by atoms with Gasteiger partial charge in [-0.1, -0.05) is 11.6 Å². The Hall–Kier alpha value is -1.72. The molecule has 2 rings (SSSR count). The van der Waals surface area contributed by atoms with Gasteiger partial charge >= 0.3 is 5.97 Å². The number of rotatable bonds is 6. The predicted octanol–water partition coefficient (Wildman–Crippen LogP) is 4.83. The standard InChI is InChI=1S/C18H20ClNO3S/c1-5-23-18(22)15-10(2)16(20-11(15)3)17(21)12(4)24-14-8-6-13(19)7-9-14/h6-9,12,20H,5H2,1-4H3/t12-/m0/s1. The third kappa shape index (κ3) is 4.02. The second kappa shape index (κ2) is 7.90. The number of aryl methyl sites for hydroxylation is 1. The number of aromatic nitrogens is 1. The molecule has 0 saturated carbocycles. The van der Waals surface area contributed by atoms with E-state index in [1.807, 2.05) is 19.1 Å². The maximum atomic E-state index is 12.8. The van der Waals surface area contributed by atoms with Crippen LogP contribution in [-0.4, -0.2) is 28.6 Å². The summed E-state index contributed by atoms with van der Waals surface area (Å²) in [6.45, 7) is 7.44. The number of halogens is 1. The van der Waals surface area contributed by atoms with Crippen molar-refractivity contribution in [1.82, 2.24) is 4.98 Å². The van der Waals surface area contributed by atoms with Gasteiger partial charge in [-0.3, -0.25) is 4.79 Å². The highest BCUT2D eigenvalue weighted by Crippen LogP contribution is 2.28. The molecule has 0 saturated heterocycles. The first kappa shape index (κ1) is 18.6. The van der Waals surface area contributed by atoms with Gasteiger partial charge in [-0.15, -0.1) is 11.8 Å². The van der Waals surface area contributed by atoms with E-state index < -0.39 is 5.97 Å². The zero-order valence-electron chi connectivity index (χ0n) is 14.1. The van der Waals surface area contributed by atoms with Crippen LogP contribution < -0.4 is 0 Å². The molecule has 128 valence electrons. The van der Waals surface area contributed by atoms with Crippen LogP contribution in [0.1, 0.15) is 46.0 Å². The van der Waals surface area contributed by atoms with Crippen molar-refractivity contribution in [3.8, 4) is 0 Å². The van der Waals surface area contributed by atoms with Gasteiger partial charge in [-0.2, -0.15) is 0 Å². The smallest absolute Gasteiger partial charge is 0.340 e. The number of carbonyl (C=O) groups excluding carboxylic acids is 2. The molecule has 1 heterocycles. The average molecular weight is 366 g/mol. The number of thioether (sulfide) groups is 1. The van der Waals surface area contributed by atoms with Crippen molar-refractivity contribution >= 4 is 35.1 Å². The van der Waals surface area contributed by atoms with Crippen LogP contribution in [0.5, 0.6) is 0 Å². The Morgan fingerprint density at radius 2 is 1.88 bits per heavy atom. The van der Waals surface area contributed by atoms with Crippen LogP contribution in [0.3, 0.4) is 0 Å². The lowest BCUT2D eigenvalue weighted by atomic mass is 10.1. The van der Waals surface area contributed by atoms with E-state index in [0.717, 1.165) is 4.90 Å². The van der Waals surface area contributed by atoms with Gasteiger partial charge in [0.25, 0.3) is 0 Å². The van der Waals surface area contributed by atoms with Crippen molar-refractivity contribution in [2.45, 2.75) is 37.8 Å². The first-order chi connectivity index (χ1) is 11.3. The van der Waals surface area contributed by atoms with Gasteiger partial charge in [0.2, 0.25) is 0 Å². The van der Waals surface area contributed by atoms with E-state index in [-0.39, 0.29) is 11.0 Å². The Bertz CT molecular complexity index is 752. The molecular formula is C18H20ClNO3S. The molecule has 0 fully saturated rings. The molecule has 1 aromatic heterocycles. The second-order valence-corrected chi connectivity index (χ2v) is 7.27. The van der Waals surface area contributed by atoms with E-state index in [9.17, 15) is 9.59 Å². The van der Waals surface area contributed by atoms with Crippen molar-refractivity contribution < 1.29 is 14.3 Å². The highest BCUT2D eigenvalue weighted by Gasteiger charge is 2.26. The van der Waals surface area contributed by atoms with Crippen LogP contribution in [0.2, 0.25) is 5.02 Å². The molecule has 0 spiro atoms. The lowest BCUT2D eigenvalue weighted by Crippen LogP contribution is -2.15. The maximum Gasteiger partial charge on any atom is 0.340 e. The van der Waals surface area contributed by atoms with Crippen molar-refractivity contribution in [1.29, 1.82) is 0 Å². The Kier molecular flexibility index (Phi) is 6.13. The Morgan fingerprint density at radius 3 is 2.46 bits per heavy atom. The number of nitrogens with one attached hydrogen (secondary N) is 1. The minimum absolute atomic E-state index is 0.0499. The molecule has 1 N–H and O–H groups in total. The van der Waals surface area contributed by atoms with Gasteiger partial charge in [0.1, 0.15) is 0 Å². The molecule has 0 bridgehead atoms. The molecule has 0 amide bonds. The molecule has 2 aromatic rings. The minimum Gasteiger partial charge on any atom is -0.462 e. The first-order valence-electron chi connectivity index (χ1n) is 7.67. The number of ether oxygens (including phenoxy) is 1. The summed E-state index contributed by atoms with van der Waals surface area (Å²) < 4.78 is 5.06. The zero-order chi connectivity index (χ0) is 17.9. The van der Waals surface area contributed by atoms with E-state index in [2.05, 4.69) is 4.98 Å². The molecule has 1 aromatic carbocycles. The molecule has 24 heavy (non-hydrogen) atoms. The third-order valence-electron chi connectivity index (χ3n) is 3.66. The zero-order valence-corrected chi connectivity index (χ0v) is 15.7. The van der Waals surface area contributed by atoms with Gasteiger partial charge in [-0.25, -0.2) is 4.79 Å². The van der Waals surface area contributed by atoms with Gasteiger partial charge in [0.15, 0.2) is 5.78 Å². The van der Waals surface area contributed by atoms with Gasteiger partial charge in [0.05, 0.1) is 23.1 Å². The molecule has 6 heteroatoms. The van der Waals surface area contributed by atoms with Crippen LogP contribution in [0.25, 0.3) is 0 Å². The third-order valence-corrected chi connectivity index (χ3v) is 5.02. The van der Waals surface area contributed by atoms with Gasteiger partial charge in [-0.05, 0) is 57.5 Å². The van der Waals surface area contributed by atoms with Crippen molar-refractivity contribution in [2.75, 3.05) is 6.61 Å². The first-order valence-corrected chi connectivity index (χ1v) is 8.93. The van der Waals surface area contributed by atoms with E-state index >= 15 is 0 Å². The van der Waals surface area contributed by atoms with E-state index in [0.29, 0.717) is 34.1 Å². The fraction of sp³-hybridized carbons (Fsp3) is 0.333. The lowest BCUT2D eigenvalue weighted by molar-refractivity contribution is 0.0525. The van der Waals surface area contributed by atoms with E-state index in [4.69, 9.17) is 16.3 Å². The number of aromatic amines is 1. The normalized spacial score (nSPS) is 12.0. The highest BCUT2D eigenvalue weighted by atomic mass is 35.5. The summed E-state index contributed by atoms with van der Waals surface area (Å²) in [6, 6.07) is 7.36. The molecular weight excluding hydrogens is 346 g/mol. The quantitative estimate of drug-likeness (QED) is 0.452. The number of H-pyrrole nitrogens is 1. The summed E-state index contributed by atoms with van der Waals surface area (Å²) in [7, 11) is 0. The van der Waals surface area contributed by atoms with Crippen molar-refractivity contribution in [3.05, 3.63) is 51.8 Å². The van der Waals surface area contributed by atoms with Crippen molar-refractivity contribution in [2.24, 2.45) is 0 Å². The average Bonchev–Trinajstić information content (AvgIpc) is 2.83. The van der Waals surface area contributed by atoms with E-state index in [1.165, 1.54) is 11.8 Å². The van der Waals surface area contributed by atoms with Crippen LogP contribution >= 0.6 is 23.4 Å². The fourth-order valence-electron chi connectivity index (χ4n) is 2.48. The maximum absolute atomic E-state index is 12.8. The molecule has 0 aliphatic carbocycles. The van der Waals surface area contributed by atoms with Crippen LogP contribution in [0.4, 0.5) is 0 Å². The summed E-state index contributed by atoms with van der Waals surface area (Å²) in [5.74, 6) is -0.452. The summed E-state index contributed by atoms with van der Waals surface area (Å²) >= 11 is 7.33. The predicted molar refractivity (Wildman–Crippen MR) is 97.3 cm³/mol. The van der Waals surface area contributed by atoms with E-state index in [1.54, 1.807) is 32.9 Å². The fourth-order valence-corrected chi connectivity index (χ4v) is 3.53. The number of Topliss-reactive ketones (excluding diaryl/α,β-unsaturated/α-hetero) is 1. The molecule has 1 atom stereocenters. The number of carbonyl (C=O) groups is 2. The summed E-state index contributed by atoms with van der Waals surface area (Å²) in [5, 5.41) is 0.367. The Labute approximate surface area is 150 Å². The molecule has 0 aliphatic rings. The summed E-state index contributed by atoms with van der Waals surface area (Å²) in [6.07, 6.45) is 0. The SMILES string of the molecule is CCOC(=O)c1c(C)[nH]c(C(=O)[C@H](C)Sc2ccc(Cl)cc2)c1C. The molecule has 4 nitrogen and oxygen atoms in total. The Balaban J connectivity index is 2.21. The highest BCUT2D eigenvalue weighted by molar-refractivity contribution is 8.00. The molecule has 0 unspecified atom stereocenters. The monoisotopic (exact) mass is 365 g/mol. The van der Waals surface area contributed by atoms with Gasteiger partial charge < -0.3 is 9.72 Å². The van der Waals surface area contributed by atoms with Crippen molar-refractivity contribution in [3.63, 3.8) is 0 Å². The minimum atomic E-state index is -0.402.